The van der Waals surface area contributed by atoms with Crippen molar-refractivity contribution in [1.29, 1.82) is 0 Å². The zero-order valence-electron chi connectivity index (χ0n) is 23.7. The molecule has 1 aliphatic rings. The summed E-state index contributed by atoms with van der Waals surface area (Å²) >= 11 is 1.52. The van der Waals surface area contributed by atoms with Crippen LogP contribution in [0.4, 0.5) is 15.0 Å². The van der Waals surface area contributed by atoms with Crippen molar-refractivity contribution >= 4 is 33.4 Å². The van der Waals surface area contributed by atoms with Crippen molar-refractivity contribution in [3.8, 4) is 16.3 Å². The Morgan fingerprint density at radius 1 is 1.17 bits per heavy atom. The van der Waals surface area contributed by atoms with Crippen molar-refractivity contribution in [2.24, 2.45) is 0 Å². The predicted octanol–water partition coefficient (Wildman–Crippen LogP) is 7.50. The summed E-state index contributed by atoms with van der Waals surface area (Å²) in [5.41, 5.74) is 2.71. The van der Waals surface area contributed by atoms with E-state index >= 15 is 4.39 Å². The third-order valence-electron chi connectivity index (χ3n) is 6.77. The number of methoxy groups -OCH3 is 1. The zero-order valence-corrected chi connectivity index (χ0v) is 24.5. The topological polar surface area (TPSA) is 111 Å². The fourth-order valence-electron chi connectivity index (χ4n) is 4.67. The highest BCUT2D eigenvalue weighted by molar-refractivity contribution is 7.22. The van der Waals surface area contributed by atoms with E-state index in [1.165, 1.54) is 36.7 Å². The number of amides is 2. The Labute approximate surface area is 247 Å². The second-order valence-electron chi connectivity index (χ2n) is 10.1. The molecule has 4 aromatic rings. The number of halogens is 1. The number of hydrogen-bond acceptors (Lipinski definition) is 8. The number of fused-ring (bicyclic) bond motifs is 1. The number of unbranched alkanes of at least 4 members (excludes halogenated alkanes) is 4. The first kappa shape index (κ1) is 29.4. The molecule has 0 radical (unpaired) electrons. The van der Waals surface area contributed by atoms with Gasteiger partial charge >= 0.3 is 6.03 Å². The molecule has 0 saturated heterocycles. The van der Waals surface area contributed by atoms with Crippen LogP contribution in [0.2, 0.25) is 0 Å². The monoisotopic (exact) mass is 591 g/mol. The molecule has 9 nitrogen and oxygen atoms in total. The molecule has 2 amide bonds. The van der Waals surface area contributed by atoms with Gasteiger partial charge < -0.3 is 19.3 Å². The third kappa shape index (κ3) is 7.80. The second kappa shape index (κ2) is 14.2. The van der Waals surface area contributed by atoms with E-state index in [1.54, 1.807) is 38.4 Å². The summed E-state index contributed by atoms with van der Waals surface area (Å²) in [7, 11) is 1.74. The van der Waals surface area contributed by atoms with E-state index in [-0.39, 0.29) is 18.0 Å². The standard InChI is InChI=1S/C31H34FN5O4S/c1-20-17-29(37-41-20)36-31(38)35-22-12-13-26(23(32)18-22)40-27-14-15-33-25-19-28(42-30(25)27)24-11-8-10-21(34-24)9-6-4-3-5-7-16-39-2/h8,10-15,17,19,22H,3-7,9,16,18H2,1-2H3,(H2,35,36,37,38). The Morgan fingerprint density at radius 3 is 2.83 bits per heavy atom. The molecule has 1 aliphatic carbocycles. The number of hydrogen-bond donors (Lipinski definition) is 2. The molecule has 11 heteroatoms. The van der Waals surface area contributed by atoms with Gasteiger partial charge in [0.25, 0.3) is 0 Å². The lowest BCUT2D eigenvalue weighted by atomic mass is 10.1. The minimum atomic E-state index is -0.537. The molecule has 0 saturated carbocycles. The van der Waals surface area contributed by atoms with Gasteiger partial charge in [0.1, 0.15) is 17.3 Å². The van der Waals surface area contributed by atoms with Crippen LogP contribution in [-0.2, 0) is 11.2 Å². The Hall–Kier alpha value is -4.09. The number of allylic oxidation sites excluding steroid dienone is 1. The Bertz CT molecular complexity index is 1580. The van der Waals surface area contributed by atoms with Crippen molar-refractivity contribution in [3.05, 3.63) is 77.8 Å². The molecule has 0 fully saturated rings. The molecule has 42 heavy (non-hydrogen) atoms. The fourth-order valence-corrected chi connectivity index (χ4v) is 5.70. The van der Waals surface area contributed by atoms with Gasteiger partial charge in [-0.3, -0.25) is 15.3 Å². The Morgan fingerprint density at radius 2 is 2.02 bits per heavy atom. The number of aromatic nitrogens is 3. The summed E-state index contributed by atoms with van der Waals surface area (Å²) in [6, 6.07) is 10.4. The molecule has 1 atom stereocenters. The maximum atomic E-state index is 15.1. The van der Waals surface area contributed by atoms with Crippen molar-refractivity contribution < 1.29 is 23.2 Å². The van der Waals surface area contributed by atoms with Crippen LogP contribution in [0.5, 0.6) is 5.75 Å². The smallest absolute Gasteiger partial charge is 0.320 e. The number of aryl methyl sites for hydroxylation is 2. The number of rotatable bonds is 13. The van der Waals surface area contributed by atoms with Gasteiger partial charge in [0.15, 0.2) is 11.6 Å². The number of ether oxygens (including phenoxy) is 2. The lowest BCUT2D eigenvalue weighted by Gasteiger charge is -2.19. The summed E-state index contributed by atoms with van der Waals surface area (Å²) < 4.78 is 31.9. The lowest BCUT2D eigenvalue weighted by Crippen LogP contribution is -2.38. The largest absolute Gasteiger partial charge is 0.453 e. The van der Waals surface area contributed by atoms with Crippen molar-refractivity contribution in [3.63, 3.8) is 0 Å². The average molecular weight is 592 g/mol. The highest BCUT2D eigenvalue weighted by Crippen LogP contribution is 2.38. The number of thiophene rings is 1. The van der Waals surface area contributed by atoms with Crippen LogP contribution in [0, 0.1) is 6.92 Å². The van der Waals surface area contributed by atoms with Gasteiger partial charge in [0.05, 0.1) is 26.8 Å². The van der Waals surface area contributed by atoms with E-state index in [2.05, 4.69) is 26.8 Å². The molecular formula is C31H34FN5O4S. The van der Waals surface area contributed by atoms with Crippen molar-refractivity contribution in [2.45, 2.75) is 57.9 Å². The van der Waals surface area contributed by atoms with Crippen molar-refractivity contribution in [2.75, 3.05) is 19.0 Å². The van der Waals surface area contributed by atoms with E-state index in [0.717, 1.165) is 52.4 Å². The van der Waals surface area contributed by atoms with Crippen LogP contribution >= 0.6 is 11.3 Å². The lowest BCUT2D eigenvalue weighted by molar-refractivity contribution is 0.192. The number of pyridine rings is 2. The highest BCUT2D eigenvalue weighted by atomic mass is 32.1. The SMILES string of the molecule is COCCCCCCCc1cccc(-c2cc3nccc(OC4=C(F)CC(NC(=O)Nc5cc(C)on5)C=C4)c3s2)n1. The maximum absolute atomic E-state index is 15.1. The minimum absolute atomic E-state index is 0.0368. The van der Waals surface area contributed by atoms with E-state index in [0.29, 0.717) is 11.5 Å². The van der Waals surface area contributed by atoms with E-state index in [1.807, 2.05) is 18.2 Å². The molecule has 4 heterocycles. The van der Waals surface area contributed by atoms with Gasteiger partial charge in [-0.2, -0.15) is 0 Å². The molecule has 0 bridgehead atoms. The number of nitrogens with one attached hydrogen (secondary N) is 2. The quantitative estimate of drug-likeness (QED) is 0.155. The van der Waals surface area contributed by atoms with Crippen molar-refractivity contribution in [1.82, 2.24) is 20.4 Å². The van der Waals surface area contributed by atoms with Crippen LogP contribution < -0.4 is 15.4 Å². The molecule has 4 aromatic heterocycles. The highest BCUT2D eigenvalue weighted by Gasteiger charge is 2.21. The van der Waals surface area contributed by atoms with E-state index < -0.39 is 17.9 Å². The van der Waals surface area contributed by atoms with Crippen LogP contribution in [0.15, 0.2) is 70.9 Å². The van der Waals surface area contributed by atoms with Gasteiger partial charge in [0.2, 0.25) is 0 Å². The molecular weight excluding hydrogens is 557 g/mol. The molecule has 220 valence electrons. The summed E-state index contributed by atoms with van der Waals surface area (Å²) in [6.07, 6.45) is 11.6. The Kier molecular flexibility index (Phi) is 9.94. The first-order valence-electron chi connectivity index (χ1n) is 14.1. The zero-order chi connectivity index (χ0) is 29.3. The third-order valence-corrected chi connectivity index (χ3v) is 7.93. The average Bonchev–Trinajstić information content (AvgIpc) is 3.60. The first-order valence-corrected chi connectivity index (χ1v) is 14.9. The predicted molar refractivity (Wildman–Crippen MR) is 161 cm³/mol. The van der Waals surface area contributed by atoms with Gasteiger partial charge in [-0.15, -0.1) is 11.3 Å². The number of anilines is 1. The molecule has 0 aliphatic heterocycles. The summed E-state index contributed by atoms with van der Waals surface area (Å²) in [4.78, 5) is 22.6. The van der Waals surface area contributed by atoms with Gasteiger partial charge in [-0.1, -0.05) is 36.6 Å². The summed E-state index contributed by atoms with van der Waals surface area (Å²) in [5.74, 6) is 1.01. The Balaban J connectivity index is 1.20. The molecule has 5 rings (SSSR count). The van der Waals surface area contributed by atoms with Gasteiger partial charge in [-0.05, 0) is 50.5 Å². The van der Waals surface area contributed by atoms with Crippen LogP contribution in [0.3, 0.4) is 0 Å². The van der Waals surface area contributed by atoms with E-state index in [4.69, 9.17) is 19.0 Å². The maximum Gasteiger partial charge on any atom is 0.320 e. The minimum Gasteiger partial charge on any atom is -0.453 e. The number of carbonyl (C=O) groups is 1. The molecule has 0 spiro atoms. The molecule has 0 aromatic carbocycles. The number of nitrogens with zero attached hydrogens (tertiary/aromatic N) is 3. The van der Waals surface area contributed by atoms with E-state index in [9.17, 15) is 4.79 Å². The van der Waals surface area contributed by atoms with Crippen LogP contribution in [-0.4, -0.2) is 40.9 Å². The van der Waals surface area contributed by atoms with Crippen LogP contribution in [0.25, 0.3) is 20.8 Å². The summed E-state index contributed by atoms with van der Waals surface area (Å²) in [6.45, 7) is 2.55. The molecule has 1 unspecified atom stereocenters. The normalized spacial score (nSPS) is 14.9. The number of urea groups is 1. The van der Waals surface area contributed by atoms with Gasteiger partial charge in [-0.25, -0.2) is 9.18 Å². The number of carbonyl (C=O) groups excluding carboxylic acids is 1. The second-order valence-corrected chi connectivity index (χ2v) is 11.2. The fraction of sp³-hybridized carbons (Fsp3) is 0.355. The first-order chi connectivity index (χ1) is 20.5. The van der Waals surface area contributed by atoms with Crippen LogP contribution in [0.1, 0.15) is 50.0 Å². The molecule has 2 N–H and O–H groups in total. The van der Waals surface area contributed by atoms with Gasteiger partial charge in [0, 0.05) is 44.2 Å². The summed E-state index contributed by atoms with van der Waals surface area (Å²) in [5, 5.41) is 8.99.